The van der Waals surface area contributed by atoms with Crippen LogP contribution in [0.4, 0.5) is 9.18 Å². The first-order chi connectivity index (χ1) is 14.7. The fourth-order valence-corrected chi connectivity index (χ4v) is 4.24. The molecule has 4 rings (SSSR count). The number of aliphatic hydroxyl groups is 1. The lowest BCUT2D eigenvalue weighted by Gasteiger charge is -2.27. The first-order valence-electron chi connectivity index (χ1n) is 10.1. The fraction of sp³-hybridized carbons (Fsp3) is 0.348. The van der Waals surface area contributed by atoms with E-state index >= 15 is 0 Å². The predicted octanol–water partition coefficient (Wildman–Crippen LogP) is 2.24. The molecule has 0 aliphatic carbocycles. The van der Waals surface area contributed by atoms with Gasteiger partial charge in [0.15, 0.2) is 0 Å². The Labute approximate surface area is 179 Å². The molecule has 0 bridgehead atoms. The molecule has 0 radical (unpaired) electrons. The summed E-state index contributed by atoms with van der Waals surface area (Å²) in [6, 6.07) is 11.9. The van der Waals surface area contributed by atoms with Crippen LogP contribution in [-0.4, -0.2) is 51.9 Å². The fourth-order valence-electron chi connectivity index (χ4n) is 4.24. The van der Waals surface area contributed by atoms with Gasteiger partial charge >= 0.3 is 6.03 Å². The molecule has 2 fully saturated rings. The van der Waals surface area contributed by atoms with E-state index in [-0.39, 0.29) is 6.54 Å². The maximum absolute atomic E-state index is 13.3. The summed E-state index contributed by atoms with van der Waals surface area (Å²) >= 11 is 0. The van der Waals surface area contributed by atoms with Gasteiger partial charge in [0.2, 0.25) is 5.91 Å². The van der Waals surface area contributed by atoms with Gasteiger partial charge in [0.05, 0.1) is 12.1 Å². The van der Waals surface area contributed by atoms with Crippen molar-refractivity contribution in [2.75, 3.05) is 13.1 Å². The van der Waals surface area contributed by atoms with Crippen molar-refractivity contribution in [2.45, 2.75) is 38.0 Å². The highest BCUT2D eigenvalue weighted by Crippen LogP contribution is 2.33. The van der Waals surface area contributed by atoms with Crippen molar-refractivity contribution in [3.63, 3.8) is 0 Å². The van der Waals surface area contributed by atoms with E-state index in [1.54, 1.807) is 31.2 Å². The van der Waals surface area contributed by atoms with Gasteiger partial charge in [-0.2, -0.15) is 0 Å². The van der Waals surface area contributed by atoms with E-state index in [2.05, 4.69) is 5.32 Å². The summed E-state index contributed by atoms with van der Waals surface area (Å²) in [5.74, 6) is -1.36. The summed E-state index contributed by atoms with van der Waals surface area (Å²) in [5, 5.41) is 12.8. The first kappa shape index (κ1) is 21.0. The van der Waals surface area contributed by atoms with Crippen LogP contribution in [0.5, 0.6) is 0 Å². The summed E-state index contributed by atoms with van der Waals surface area (Å²) in [5.41, 5.74) is 1.09. The zero-order valence-electron chi connectivity index (χ0n) is 17.3. The van der Waals surface area contributed by atoms with Crippen LogP contribution in [0, 0.1) is 12.7 Å². The lowest BCUT2D eigenvalue weighted by Crippen LogP contribution is -2.44. The number of urea groups is 1. The molecule has 2 aliphatic heterocycles. The Morgan fingerprint density at radius 1 is 1.16 bits per heavy atom. The Bertz CT molecular complexity index is 1020. The summed E-state index contributed by atoms with van der Waals surface area (Å²) in [7, 11) is 0. The molecular weight excluding hydrogens is 401 g/mol. The van der Waals surface area contributed by atoms with E-state index in [0.717, 1.165) is 10.5 Å². The van der Waals surface area contributed by atoms with Crippen LogP contribution in [0.1, 0.15) is 36.1 Å². The van der Waals surface area contributed by atoms with Crippen molar-refractivity contribution in [2.24, 2.45) is 0 Å². The van der Waals surface area contributed by atoms with E-state index in [9.17, 15) is 23.9 Å². The second kappa shape index (κ2) is 7.77. The quantitative estimate of drug-likeness (QED) is 0.736. The predicted molar refractivity (Wildman–Crippen MR) is 110 cm³/mol. The van der Waals surface area contributed by atoms with Crippen LogP contribution in [0.15, 0.2) is 48.5 Å². The van der Waals surface area contributed by atoms with Crippen molar-refractivity contribution in [3.8, 4) is 0 Å². The number of aryl methyl sites for hydroxylation is 1. The molecule has 2 aliphatic rings. The van der Waals surface area contributed by atoms with Gasteiger partial charge in [-0.25, -0.2) is 9.18 Å². The van der Waals surface area contributed by atoms with Crippen LogP contribution in [0.2, 0.25) is 0 Å². The van der Waals surface area contributed by atoms with Crippen molar-refractivity contribution < 1.29 is 23.9 Å². The van der Waals surface area contributed by atoms with E-state index in [4.69, 9.17) is 0 Å². The number of carbonyl (C=O) groups is 3. The summed E-state index contributed by atoms with van der Waals surface area (Å²) in [6.45, 7) is 3.19. The van der Waals surface area contributed by atoms with Crippen molar-refractivity contribution >= 4 is 17.8 Å². The minimum atomic E-state index is -1.26. The number of benzene rings is 2. The molecule has 2 aromatic carbocycles. The highest BCUT2D eigenvalue weighted by atomic mass is 19.1. The van der Waals surface area contributed by atoms with Gasteiger partial charge in [-0.15, -0.1) is 0 Å². The maximum Gasteiger partial charge on any atom is 0.325 e. The number of nitrogens with one attached hydrogen (secondary N) is 1. The van der Waals surface area contributed by atoms with Crippen molar-refractivity contribution in [1.29, 1.82) is 0 Å². The zero-order valence-corrected chi connectivity index (χ0v) is 17.3. The van der Waals surface area contributed by atoms with Gasteiger partial charge in [-0.1, -0.05) is 42.0 Å². The number of amides is 4. The molecular formula is C23H24FN3O4. The average Bonchev–Trinajstić information content (AvgIpc) is 3.22. The van der Waals surface area contributed by atoms with Gasteiger partial charge < -0.3 is 15.3 Å². The Morgan fingerprint density at radius 3 is 2.45 bits per heavy atom. The van der Waals surface area contributed by atoms with Crippen LogP contribution in [0.25, 0.3) is 0 Å². The monoisotopic (exact) mass is 425 g/mol. The van der Waals surface area contributed by atoms with E-state index in [0.29, 0.717) is 17.5 Å². The number of aliphatic hydroxyl groups excluding tert-OH is 1. The summed E-state index contributed by atoms with van der Waals surface area (Å²) < 4.78 is 13.3. The van der Waals surface area contributed by atoms with Gasteiger partial charge in [-0.3, -0.25) is 14.5 Å². The molecule has 4 amide bonds. The van der Waals surface area contributed by atoms with E-state index in [1.807, 2.05) is 19.1 Å². The third-order valence-electron chi connectivity index (χ3n) is 6.05. The smallest absolute Gasteiger partial charge is 0.325 e. The second-order valence-corrected chi connectivity index (χ2v) is 8.32. The molecule has 2 aromatic rings. The number of halogens is 1. The number of hydrogen-bond acceptors (Lipinski definition) is 4. The number of likely N-dealkylation sites (tertiary alicyclic amines) is 1. The number of imide groups is 1. The van der Waals surface area contributed by atoms with Crippen LogP contribution in [-0.2, 0) is 15.1 Å². The normalized spacial score (nSPS) is 25.8. The number of rotatable bonds is 4. The largest absolute Gasteiger partial charge is 0.391 e. The standard InChI is InChI=1S/C23H24FN3O4/c1-14-3-7-16(8-4-14)23(2)21(30)27(22(31)25-23)13-20(29)26-12-18(28)11-19(26)15-5-9-17(24)10-6-15/h3-10,18-19,28H,11-13H2,1-2H3,(H,25,31)/t18-,19-,23-/m0/s1. The van der Waals surface area contributed by atoms with Crippen LogP contribution in [0.3, 0.4) is 0 Å². The zero-order chi connectivity index (χ0) is 22.3. The lowest BCUT2D eigenvalue weighted by atomic mass is 9.91. The molecule has 0 saturated carbocycles. The molecule has 2 N–H and O–H groups in total. The summed E-state index contributed by atoms with van der Waals surface area (Å²) in [4.78, 5) is 41.1. The van der Waals surface area contributed by atoms with Crippen LogP contribution >= 0.6 is 0 Å². The highest BCUT2D eigenvalue weighted by molar-refractivity contribution is 6.09. The number of β-amino-alcohol motifs (C(OH)–C–C–N with tert-alkyl or cyclic N) is 1. The molecule has 7 nitrogen and oxygen atoms in total. The van der Waals surface area contributed by atoms with Crippen molar-refractivity contribution in [3.05, 3.63) is 71.0 Å². The molecule has 3 atom stereocenters. The van der Waals surface area contributed by atoms with Gasteiger partial charge in [0, 0.05) is 6.54 Å². The Morgan fingerprint density at radius 2 is 1.81 bits per heavy atom. The van der Waals surface area contributed by atoms with E-state index in [1.165, 1.54) is 17.0 Å². The Kier molecular flexibility index (Phi) is 5.26. The molecule has 2 saturated heterocycles. The molecule has 2 heterocycles. The summed E-state index contributed by atoms with van der Waals surface area (Å²) in [6.07, 6.45) is -0.432. The Balaban J connectivity index is 1.53. The number of hydrogen-bond donors (Lipinski definition) is 2. The third kappa shape index (κ3) is 3.79. The molecule has 31 heavy (non-hydrogen) atoms. The van der Waals surface area contributed by atoms with Gasteiger partial charge in [0.1, 0.15) is 17.9 Å². The number of carbonyl (C=O) groups excluding carboxylic acids is 3. The van der Waals surface area contributed by atoms with Gasteiger partial charge in [-0.05, 0) is 43.5 Å². The van der Waals surface area contributed by atoms with Crippen molar-refractivity contribution in [1.82, 2.24) is 15.1 Å². The topological polar surface area (TPSA) is 90.0 Å². The average molecular weight is 425 g/mol. The maximum atomic E-state index is 13.3. The highest BCUT2D eigenvalue weighted by Gasteiger charge is 2.50. The molecule has 0 aromatic heterocycles. The molecule has 162 valence electrons. The van der Waals surface area contributed by atoms with Gasteiger partial charge in [0.25, 0.3) is 5.91 Å². The lowest BCUT2D eigenvalue weighted by molar-refractivity contribution is -0.139. The minimum absolute atomic E-state index is 0.0831. The SMILES string of the molecule is Cc1ccc([C@]2(C)NC(=O)N(CC(=O)N3C[C@@H](O)C[C@H]3c3ccc(F)cc3)C2=O)cc1. The number of nitrogens with zero attached hydrogens (tertiary/aromatic N) is 2. The third-order valence-corrected chi connectivity index (χ3v) is 6.05. The first-order valence-corrected chi connectivity index (χ1v) is 10.1. The minimum Gasteiger partial charge on any atom is -0.391 e. The molecule has 0 spiro atoms. The molecule has 8 heteroatoms. The van der Waals surface area contributed by atoms with E-state index < -0.39 is 47.9 Å². The Hall–Kier alpha value is -3.26. The molecule has 0 unspecified atom stereocenters. The van der Waals surface area contributed by atoms with Crippen LogP contribution < -0.4 is 5.32 Å². The second-order valence-electron chi connectivity index (χ2n) is 8.32.